The predicted octanol–water partition coefficient (Wildman–Crippen LogP) is 3.70. The number of carbonyl (C=O) groups excluding carboxylic acids is 3. The molecule has 2 amide bonds. The first-order chi connectivity index (χ1) is 17.2. The molecule has 184 valence electrons. The van der Waals surface area contributed by atoms with Gasteiger partial charge in [-0.25, -0.2) is 15.0 Å². The number of aryl methyl sites for hydroxylation is 1. The van der Waals surface area contributed by atoms with Crippen molar-refractivity contribution in [1.82, 2.24) is 30.0 Å². The van der Waals surface area contributed by atoms with E-state index in [0.717, 1.165) is 11.1 Å². The molecule has 0 saturated heterocycles. The third-order valence-corrected chi connectivity index (χ3v) is 5.96. The smallest absolute Gasteiger partial charge is 0.248 e. The second-order valence-electron chi connectivity index (χ2n) is 8.18. The van der Waals surface area contributed by atoms with Gasteiger partial charge in [-0.15, -0.1) is 0 Å². The molecule has 0 aliphatic rings. The van der Waals surface area contributed by atoms with Crippen molar-refractivity contribution in [3.63, 3.8) is 0 Å². The zero-order valence-corrected chi connectivity index (χ0v) is 21.5. The van der Waals surface area contributed by atoms with Gasteiger partial charge in [0.15, 0.2) is 5.78 Å². The summed E-state index contributed by atoms with van der Waals surface area (Å²) >= 11 is 3.26. The number of nitrogens with one attached hydrogen (secondary N) is 2. The highest BCUT2D eigenvalue weighted by Gasteiger charge is 2.22. The number of aromatic nitrogens is 5. The lowest BCUT2D eigenvalue weighted by Gasteiger charge is -2.17. The highest BCUT2D eigenvalue weighted by molar-refractivity contribution is 9.10. The summed E-state index contributed by atoms with van der Waals surface area (Å²) < 4.78 is 2.05. The molecule has 0 aliphatic carbocycles. The molecule has 0 spiro atoms. The number of benzene rings is 1. The van der Waals surface area contributed by atoms with Gasteiger partial charge in [0.1, 0.15) is 34.5 Å². The largest absolute Gasteiger partial charge is 0.343 e. The quantitative estimate of drug-likeness (QED) is 0.253. The Bertz CT molecular complexity index is 1450. The molecule has 3 aromatic heterocycles. The second kappa shape index (κ2) is 10.7. The first-order valence-electron chi connectivity index (χ1n) is 11.3. The van der Waals surface area contributed by atoms with Gasteiger partial charge >= 0.3 is 0 Å². The molecule has 0 aliphatic heterocycles. The molecule has 3 heterocycles. The van der Waals surface area contributed by atoms with E-state index in [4.69, 9.17) is 0 Å². The van der Waals surface area contributed by atoms with Gasteiger partial charge in [0.2, 0.25) is 11.8 Å². The van der Waals surface area contributed by atoms with Gasteiger partial charge in [0, 0.05) is 30.3 Å². The lowest BCUT2D eigenvalue weighted by Crippen LogP contribution is -2.44. The van der Waals surface area contributed by atoms with Gasteiger partial charge in [0.25, 0.3) is 0 Å². The monoisotopic (exact) mass is 549 g/mol. The first kappa shape index (κ1) is 25.1. The van der Waals surface area contributed by atoms with Gasteiger partial charge in [-0.2, -0.15) is 5.10 Å². The average molecular weight is 550 g/mol. The molecule has 10 nitrogen and oxygen atoms in total. The maximum absolute atomic E-state index is 12.9. The topological polar surface area (TPSA) is 132 Å². The molecule has 0 unspecified atom stereocenters. The van der Waals surface area contributed by atoms with Crippen LogP contribution in [0.2, 0.25) is 0 Å². The van der Waals surface area contributed by atoms with Gasteiger partial charge in [0.05, 0.1) is 5.52 Å². The number of rotatable bonds is 8. The summed E-state index contributed by atoms with van der Waals surface area (Å²) in [5, 5.41) is 10.5. The van der Waals surface area contributed by atoms with E-state index in [-0.39, 0.29) is 23.9 Å². The molecule has 4 aromatic rings. The highest BCUT2D eigenvalue weighted by atomic mass is 79.9. The molecular formula is C25H24BrN7O3. The van der Waals surface area contributed by atoms with Crippen molar-refractivity contribution in [3.05, 3.63) is 64.9 Å². The van der Waals surface area contributed by atoms with Crippen LogP contribution in [0.1, 0.15) is 36.6 Å². The van der Waals surface area contributed by atoms with Gasteiger partial charge in [-0.05, 0) is 59.1 Å². The van der Waals surface area contributed by atoms with E-state index in [1.54, 1.807) is 50.5 Å². The summed E-state index contributed by atoms with van der Waals surface area (Å²) in [6.45, 7) is 4.88. The third kappa shape index (κ3) is 5.62. The standard InChI is InChI=1S/C25H24BrN7O3/c1-4-19(25(36)31-22-7-5-6-21(26)30-22)29-23(35)13-33-20-9-8-16(17-11-27-15(3)28-12-17)10-18(20)24(32-33)14(2)34/h5-12,19H,4,13H2,1-3H3,(H,29,35)(H,30,31,36)/t19-/m1/s1. The van der Waals surface area contributed by atoms with Crippen LogP contribution in [0.4, 0.5) is 5.82 Å². The molecule has 11 heteroatoms. The lowest BCUT2D eigenvalue weighted by atomic mass is 10.0. The van der Waals surface area contributed by atoms with Crippen LogP contribution in [-0.2, 0) is 16.1 Å². The summed E-state index contributed by atoms with van der Waals surface area (Å²) in [5.74, 6) is 0.0331. The summed E-state index contributed by atoms with van der Waals surface area (Å²) in [6, 6.07) is 9.90. The average Bonchev–Trinajstić information content (AvgIpc) is 3.20. The minimum absolute atomic E-state index is 0.157. The Kier molecular flexibility index (Phi) is 7.49. The summed E-state index contributed by atoms with van der Waals surface area (Å²) in [6.07, 6.45) is 3.81. The van der Waals surface area contributed by atoms with Gasteiger partial charge < -0.3 is 10.6 Å². The van der Waals surface area contributed by atoms with E-state index in [0.29, 0.717) is 33.6 Å². The zero-order valence-electron chi connectivity index (χ0n) is 19.9. The Morgan fingerprint density at radius 1 is 1.08 bits per heavy atom. The fraction of sp³-hybridized carbons (Fsp3) is 0.240. The fourth-order valence-corrected chi connectivity index (χ4v) is 4.04. The Morgan fingerprint density at radius 3 is 2.50 bits per heavy atom. The summed E-state index contributed by atoms with van der Waals surface area (Å²) in [4.78, 5) is 50.5. The maximum Gasteiger partial charge on any atom is 0.248 e. The molecule has 1 aromatic carbocycles. The van der Waals surface area contributed by atoms with Crippen molar-refractivity contribution in [3.8, 4) is 11.1 Å². The number of pyridine rings is 1. The number of ketones is 1. The molecular weight excluding hydrogens is 526 g/mol. The first-order valence-corrected chi connectivity index (χ1v) is 12.1. The van der Waals surface area contributed by atoms with Crippen LogP contribution in [0.3, 0.4) is 0 Å². The summed E-state index contributed by atoms with van der Waals surface area (Å²) in [7, 11) is 0. The van der Waals surface area contributed by atoms with Crippen molar-refractivity contribution in [2.75, 3.05) is 5.32 Å². The molecule has 1 atom stereocenters. The van der Waals surface area contributed by atoms with Crippen molar-refractivity contribution in [2.45, 2.75) is 39.8 Å². The van der Waals surface area contributed by atoms with Crippen molar-refractivity contribution < 1.29 is 14.4 Å². The Morgan fingerprint density at radius 2 is 1.83 bits per heavy atom. The molecule has 2 N–H and O–H groups in total. The number of fused-ring (bicyclic) bond motifs is 1. The van der Waals surface area contributed by atoms with Crippen molar-refractivity contribution >= 4 is 50.2 Å². The normalized spacial score (nSPS) is 11.8. The van der Waals surface area contributed by atoms with E-state index in [2.05, 4.69) is 46.6 Å². The number of hydrogen-bond acceptors (Lipinski definition) is 7. The molecule has 0 bridgehead atoms. The van der Waals surface area contributed by atoms with Crippen LogP contribution in [0.25, 0.3) is 22.0 Å². The number of carbonyl (C=O) groups is 3. The van der Waals surface area contributed by atoms with Crippen LogP contribution >= 0.6 is 15.9 Å². The van der Waals surface area contributed by atoms with E-state index in [9.17, 15) is 14.4 Å². The number of anilines is 1. The lowest BCUT2D eigenvalue weighted by molar-refractivity contribution is -0.127. The van der Waals surface area contributed by atoms with Crippen molar-refractivity contribution in [2.24, 2.45) is 0 Å². The van der Waals surface area contributed by atoms with Crippen LogP contribution < -0.4 is 10.6 Å². The van der Waals surface area contributed by atoms with Crippen LogP contribution in [0.5, 0.6) is 0 Å². The minimum atomic E-state index is -0.763. The summed E-state index contributed by atoms with van der Waals surface area (Å²) in [5.41, 5.74) is 2.53. The molecule has 4 rings (SSSR count). The fourth-order valence-electron chi connectivity index (χ4n) is 3.70. The van der Waals surface area contributed by atoms with Gasteiger partial charge in [-0.1, -0.05) is 19.1 Å². The van der Waals surface area contributed by atoms with E-state index in [1.165, 1.54) is 11.6 Å². The SMILES string of the molecule is CC[C@@H](NC(=O)Cn1nc(C(C)=O)c2cc(-c3cnc(C)nc3)ccc21)C(=O)Nc1cccc(Br)n1. The van der Waals surface area contributed by atoms with Crippen LogP contribution in [-0.4, -0.2) is 48.4 Å². The Hall–Kier alpha value is -3.99. The van der Waals surface area contributed by atoms with E-state index in [1.807, 2.05) is 12.1 Å². The number of amides is 2. The predicted molar refractivity (Wildman–Crippen MR) is 138 cm³/mol. The third-order valence-electron chi connectivity index (χ3n) is 5.52. The number of hydrogen-bond donors (Lipinski definition) is 2. The molecule has 36 heavy (non-hydrogen) atoms. The second-order valence-corrected chi connectivity index (χ2v) is 8.99. The highest BCUT2D eigenvalue weighted by Crippen LogP contribution is 2.26. The zero-order chi connectivity index (χ0) is 25.8. The number of halogens is 1. The van der Waals surface area contributed by atoms with E-state index >= 15 is 0 Å². The van der Waals surface area contributed by atoms with Crippen molar-refractivity contribution in [1.29, 1.82) is 0 Å². The molecule has 0 fully saturated rings. The van der Waals surface area contributed by atoms with E-state index < -0.39 is 11.9 Å². The number of nitrogens with zero attached hydrogens (tertiary/aromatic N) is 5. The van der Waals surface area contributed by atoms with Crippen LogP contribution in [0.15, 0.2) is 53.4 Å². The molecule has 0 radical (unpaired) electrons. The Balaban J connectivity index is 1.54. The Labute approximate surface area is 215 Å². The molecule has 0 saturated carbocycles. The minimum Gasteiger partial charge on any atom is -0.343 e. The number of Topliss-reactive ketones (excluding diaryl/α,β-unsaturated/α-hetero) is 1. The maximum atomic E-state index is 12.9. The van der Waals surface area contributed by atoms with Crippen LogP contribution in [0, 0.1) is 6.92 Å². The van der Waals surface area contributed by atoms with Gasteiger partial charge in [-0.3, -0.25) is 19.1 Å².